The Labute approximate surface area is 93.0 Å². The molecule has 0 radical (unpaired) electrons. The van der Waals surface area contributed by atoms with Crippen molar-refractivity contribution >= 4 is 11.8 Å². The van der Waals surface area contributed by atoms with Gasteiger partial charge >= 0.3 is 0 Å². The van der Waals surface area contributed by atoms with Gasteiger partial charge in [-0.05, 0) is 31.6 Å². The predicted octanol–water partition coefficient (Wildman–Crippen LogP) is 0.205. The molecule has 2 amide bonds. The Balaban J connectivity index is 1.90. The van der Waals surface area contributed by atoms with Crippen molar-refractivity contribution in [3.63, 3.8) is 0 Å². The molecule has 1 aliphatic carbocycles. The molecule has 2 aliphatic heterocycles. The molecule has 3 rings (SSSR count). The number of fused-ring (bicyclic) bond motifs is 2. The number of hydrogen-bond donors (Lipinski definition) is 0. The molecule has 3 fully saturated rings. The number of hydrogen-bond acceptors (Lipinski definition) is 4. The minimum Gasteiger partial charge on any atom is -0.355 e. The molecule has 84 valence electrons. The second-order valence-corrected chi connectivity index (χ2v) is 4.65. The van der Waals surface area contributed by atoms with Crippen molar-refractivity contribution in [3.8, 4) is 6.07 Å². The number of imide groups is 1. The highest BCUT2D eigenvalue weighted by Crippen LogP contribution is 2.38. The minimum atomic E-state index is -0.563. The molecule has 0 spiro atoms. The van der Waals surface area contributed by atoms with Crippen LogP contribution in [0.5, 0.6) is 0 Å². The molecule has 3 atom stereocenters. The maximum absolute atomic E-state index is 12.0. The van der Waals surface area contributed by atoms with E-state index in [1.807, 2.05) is 0 Å². The van der Waals surface area contributed by atoms with Gasteiger partial charge < -0.3 is 4.74 Å². The van der Waals surface area contributed by atoms with Crippen LogP contribution in [0.15, 0.2) is 0 Å². The van der Waals surface area contributed by atoms with E-state index in [0.29, 0.717) is 12.8 Å². The van der Waals surface area contributed by atoms with Crippen LogP contribution in [-0.2, 0) is 14.3 Å². The first kappa shape index (κ1) is 9.79. The van der Waals surface area contributed by atoms with Crippen molar-refractivity contribution in [2.24, 2.45) is 5.92 Å². The number of ether oxygens (including phenoxy) is 1. The molecule has 0 aromatic carbocycles. The lowest BCUT2D eigenvalue weighted by molar-refractivity contribution is -0.170. The topological polar surface area (TPSA) is 70.4 Å². The number of likely N-dealkylation sites (tertiary alicyclic amines) is 1. The van der Waals surface area contributed by atoms with Gasteiger partial charge in [0.1, 0.15) is 18.2 Å². The smallest absolute Gasteiger partial charge is 0.259 e. The standard InChI is InChI=1S/C11H12N2O3/c12-5-7(6-1-2-6)13-10(14)8-3-4-9(16-8)11(13)15/h6-9H,1-4H2. The van der Waals surface area contributed by atoms with E-state index in [4.69, 9.17) is 10.00 Å². The maximum Gasteiger partial charge on any atom is 0.259 e. The number of rotatable bonds is 2. The Hall–Kier alpha value is -1.41. The maximum atomic E-state index is 12.0. The molecule has 0 aromatic rings. The highest BCUT2D eigenvalue weighted by Gasteiger charge is 2.51. The second kappa shape index (κ2) is 3.29. The van der Waals surface area contributed by atoms with Gasteiger partial charge in [0.2, 0.25) is 0 Å². The molecule has 3 aliphatic rings. The Morgan fingerprint density at radius 2 is 1.75 bits per heavy atom. The third kappa shape index (κ3) is 1.26. The lowest BCUT2D eigenvalue weighted by Gasteiger charge is -2.32. The van der Waals surface area contributed by atoms with Crippen LogP contribution < -0.4 is 0 Å². The monoisotopic (exact) mass is 220 g/mol. The zero-order chi connectivity index (χ0) is 11.3. The summed E-state index contributed by atoms with van der Waals surface area (Å²) in [5, 5.41) is 9.08. The van der Waals surface area contributed by atoms with E-state index in [9.17, 15) is 9.59 Å². The van der Waals surface area contributed by atoms with Gasteiger partial charge in [-0.3, -0.25) is 14.5 Å². The van der Waals surface area contributed by atoms with Crippen LogP contribution >= 0.6 is 0 Å². The van der Waals surface area contributed by atoms with E-state index in [-0.39, 0.29) is 17.7 Å². The van der Waals surface area contributed by atoms with E-state index in [1.165, 1.54) is 4.90 Å². The van der Waals surface area contributed by atoms with Crippen molar-refractivity contribution in [3.05, 3.63) is 0 Å². The van der Waals surface area contributed by atoms with Gasteiger partial charge in [-0.2, -0.15) is 5.26 Å². The van der Waals surface area contributed by atoms with Crippen molar-refractivity contribution in [2.75, 3.05) is 0 Å². The van der Waals surface area contributed by atoms with Crippen molar-refractivity contribution < 1.29 is 14.3 Å². The molecule has 16 heavy (non-hydrogen) atoms. The molecule has 3 unspecified atom stereocenters. The summed E-state index contributed by atoms with van der Waals surface area (Å²) in [6, 6.07) is 1.53. The molecule has 0 aromatic heterocycles. The Morgan fingerprint density at radius 1 is 1.19 bits per heavy atom. The van der Waals surface area contributed by atoms with E-state index >= 15 is 0 Å². The number of nitrogens with zero attached hydrogens (tertiary/aromatic N) is 2. The summed E-state index contributed by atoms with van der Waals surface area (Å²) < 4.78 is 5.30. The summed E-state index contributed by atoms with van der Waals surface area (Å²) in [6.07, 6.45) is 2.11. The average Bonchev–Trinajstić information content (AvgIpc) is 3.00. The van der Waals surface area contributed by atoms with E-state index in [0.717, 1.165) is 12.8 Å². The zero-order valence-corrected chi connectivity index (χ0v) is 8.76. The summed E-state index contributed by atoms with van der Waals surface area (Å²) in [6.45, 7) is 0. The fourth-order valence-electron chi connectivity index (χ4n) is 2.48. The third-order valence-corrected chi connectivity index (χ3v) is 3.52. The summed E-state index contributed by atoms with van der Waals surface area (Å²) in [7, 11) is 0. The van der Waals surface area contributed by atoms with Crippen LogP contribution in [0, 0.1) is 17.2 Å². The van der Waals surface area contributed by atoms with Crippen molar-refractivity contribution in [1.82, 2.24) is 4.90 Å². The lowest BCUT2D eigenvalue weighted by Crippen LogP contribution is -2.56. The van der Waals surface area contributed by atoms with Gasteiger partial charge in [-0.15, -0.1) is 0 Å². The van der Waals surface area contributed by atoms with Gasteiger partial charge in [0, 0.05) is 0 Å². The van der Waals surface area contributed by atoms with E-state index < -0.39 is 18.2 Å². The number of nitriles is 1. The minimum absolute atomic E-state index is 0.190. The summed E-state index contributed by atoms with van der Waals surface area (Å²) in [5.41, 5.74) is 0. The van der Waals surface area contributed by atoms with Crippen LogP contribution in [0.1, 0.15) is 25.7 Å². The second-order valence-electron chi connectivity index (χ2n) is 4.65. The summed E-state index contributed by atoms with van der Waals surface area (Å²) in [4.78, 5) is 25.1. The lowest BCUT2D eigenvalue weighted by atomic mass is 10.1. The molecule has 5 heteroatoms. The first-order valence-corrected chi connectivity index (χ1v) is 5.64. The fourth-order valence-corrected chi connectivity index (χ4v) is 2.48. The van der Waals surface area contributed by atoms with Crippen molar-refractivity contribution in [1.29, 1.82) is 5.26 Å². The number of morpholine rings is 1. The van der Waals surface area contributed by atoms with Gasteiger partial charge in [-0.25, -0.2) is 0 Å². The van der Waals surface area contributed by atoms with Gasteiger partial charge in [-0.1, -0.05) is 0 Å². The highest BCUT2D eigenvalue weighted by molar-refractivity contribution is 6.03. The summed E-state index contributed by atoms with van der Waals surface area (Å²) >= 11 is 0. The Bertz CT molecular complexity index is 375. The average molecular weight is 220 g/mol. The van der Waals surface area contributed by atoms with Crippen LogP contribution in [0.2, 0.25) is 0 Å². The van der Waals surface area contributed by atoms with E-state index in [2.05, 4.69) is 6.07 Å². The largest absolute Gasteiger partial charge is 0.355 e. The number of amides is 2. The Kier molecular flexibility index (Phi) is 2.01. The molecule has 2 bridgehead atoms. The van der Waals surface area contributed by atoms with Gasteiger partial charge in [0.25, 0.3) is 11.8 Å². The fraction of sp³-hybridized carbons (Fsp3) is 0.727. The zero-order valence-electron chi connectivity index (χ0n) is 8.76. The van der Waals surface area contributed by atoms with Gasteiger partial charge in [0.05, 0.1) is 6.07 Å². The predicted molar refractivity (Wildman–Crippen MR) is 51.9 cm³/mol. The third-order valence-electron chi connectivity index (χ3n) is 3.52. The van der Waals surface area contributed by atoms with Crippen LogP contribution in [0.3, 0.4) is 0 Å². The van der Waals surface area contributed by atoms with E-state index in [1.54, 1.807) is 0 Å². The van der Waals surface area contributed by atoms with Crippen LogP contribution in [0.4, 0.5) is 0 Å². The Morgan fingerprint density at radius 3 is 2.19 bits per heavy atom. The molecular formula is C11H12N2O3. The number of carbonyl (C=O) groups excluding carboxylic acids is 2. The first-order valence-electron chi connectivity index (χ1n) is 5.64. The normalized spacial score (nSPS) is 35.1. The van der Waals surface area contributed by atoms with Crippen LogP contribution in [-0.4, -0.2) is 35.0 Å². The molecule has 0 N–H and O–H groups in total. The van der Waals surface area contributed by atoms with Crippen molar-refractivity contribution in [2.45, 2.75) is 43.9 Å². The van der Waals surface area contributed by atoms with Crippen LogP contribution in [0.25, 0.3) is 0 Å². The summed E-state index contributed by atoms with van der Waals surface area (Å²) in [5.74, 6) is -0.426. The highest BCUT2D eigenvalue weighted by atomic mass is 16.5. The quantitative estimate of drug-likeness (QED) is 0.623. The first-order chi connectivity index (χ1) is 7.72. The SMILES string of the molecule is N#CC(C1CC1)N1C(=O)C2CCC(O2)C1=O. The molecule has 2 heterocycles. The molecule has 1 saturated carbocycles. The number of carbonyl (C=O) groups is 2. The molecule has 5 nitrogen and oxygen atoms in total. The molecule has 2 saturated heterocycles. The molecular weight excluding hydrogens is 208 g/mol. The van der Waals surface area contributed by atoms with Gasteiger partial charge in [0.15, 0.2) is 0 Å².